The summed E-state index contributed by atoms with van der Waals surface area (Å²) in [6.45, 7) is 0. The minimum absolute atomic E-state index is 0.0591. The summed E-state index contributed by atoms with van der Waals surface area (Å²) in [6, 6.07) is 5.53. The third-order valence-corrected chi connectivity index (χ3v) is 2.30. The quantitative estimate of drug-likeness (QED) is 0.751. The zero-order chi connectivity index (χ0) is 13.8. The van der Waals surface area contributed by atoms with Gasteiger partial charge in [0.2, 0.25) is 0 Å². The molecule has 96 valence electrons. The maximum atomic E-state index is 11.8. The number of anilines is 1. The lowest BCUT2D eigenvalue weighted by atomic mass is 10.2. The summed E-state index contributed by atoms with van der Waals surface area (Å²) < 4.78 is 0. The van der Waals surface area contributed by atoms with Gasteiger partial charge in [-0.2, -0.15) is 0 Å². The number of pyridine rings is 2. The molecule has 3 N–H and O–H groups in total. The molecule has 0 radical (unpaired) electrons. The third kappa shape index (κ3) is 2.83. The molecule has 7 heteroatoms. The zero-order valence-corrected chi connectivity index (χ0v) is 9.58. The molecule has 2 heterocycles. The molecule has 1 amide bonds. The van der Waals surface area contributed by atoms with Gasteiger partial charge < -0.3 is 15.4 Å². The summed E-state index contributed by atoms with van der Waals surface area (Å²) in [5.41, 5.74) is -0.524. The van der Waals surface area contributed by atoms with Gasteiger partial charge in [-0.05, 0) is 24.3 Å². The van der Waals surface area contributed by atoms with E-state index in [0.29, 0.717) is 0 Å². The molecule has 0 atom stereocenters. The molecule has 0 saturated carbocycles. The van der Waals surface area contributed by atoms with Crippen molar-refractivity contribution in [3.8, 4) is 0 Å². The van der Waals surface area contributed by atoms with E-state index in [1.165, 1.54) is 36.7 Å². The molecule has 0 spiro atoms. The second-order valence-electron chi connectivity index (χ2n) is 3.60. The van der Waals surface area contributed by atoms with Gasteiger partial charge in [0.05, 0.1) is 0 Å². The van der Waals surface area contributed by atoms with E-state index < -0.39 is 17.4 Å². The predicted octanol–water partition coefficient (Wildman–Crippen LogP) is 0.720. The number of aromatic carboxylic acids is 1. The number of H-pyrrole nitrogens is 1. The van der Waals surface area contributed by atoms with Crippen LogP contribution in [-0.2, 0) is 0 Å². The minimum atomic E-state index is -1.20. The monoisotopic (exact) mass is 259 g/mol. The fourth-order valence-electron chi connectivity index (χ4n) is 1.42. The number of hydrogen-bond donors (Lipinski definition) is 3. The van der Waals surface area contributed by atoms with E-state index in [1.54, 1.807) is 0 Å². The highest BCUT2D eigenvalue weighted by atomic mass is 16.4. The van der Waals surface area contributed by atoms with Gasteiger partial charge in [-0.1, -0.05) is 0 Å². The summed E-state index contributed by atoms with van der Waals surface area (Å²) in [6.07, 6.45) is 2.67. The molecule has 0 aliphatic carbocycles. The zero-order valence-electron chi connectivity index (χ0n) is 9.58. The van der Waals surface area contributed by atoms with Crippen LogP contribution in [0.5, 0.6) is 0 Å². The maximum absolute atomic E-state index is 11.8. The lowest BCUT2D eigenvalue weighted by Crippen LogP contribution is -2.22. The first-order valence-corrected chi connectivity index (χ1v) is 5.26. The Morgan fingerprint density at radius 1 is 1.32 bits per heavy atom. The van der Waals surface area contributed by atoms with Crippen molar-refractivity contribution >= 4 is 17.6 Å². The van der Waals surface area contributed by atoms with Gasteiger partial charge in [0, 0.05) is 18.1 Å². The molecule has 2 aromatic heterocycles. The number of carboxylic acid groups (broad SMARTS) is 1. The molecule has 7 nitrogen and oxygen atoms in total. The minimum Gasteiger partial charge on any atom is -0.477 e. The molecule has 2 aromatic rings. The third-order valence-electron chi connectivity index (χ3n) is 2.30. The second kappa shape index (κ2) is 5.13. The molecule has 19 heavy (non-hydrogen) atoms. The van der Waals surface area contributed by atoms with Crippen LogP contribution in [0, 0.1) is 0 Å². The van der Waals surface area contributed by atoms with Crippen LogP contribution < -0.4 is 10.9 Å². The molecule has 0 fully saturated rings. The van der Waals surface area contributed by atoms with Gasteiger partial charge in [0.25, 0.3) is 11.5 Å². The summed E-state index contributed by atoms with van der Waals surface area (Å²) >= 11 is 0. The van der Waals surface area contributed by atoms with Crippen LogP contribution in [-0.4, -0.2) is 27.0 Å². The molecule has 0 saturated heterocycles. The number of rotatable bonds is 3. The van der Waals surface area contributed by atoms with Gasteiger partial charge in [0.15, 0.2) is 0 Å². The van der Waals surface area contributed by atoms with Crippen LogP contribution in [0.3, 0.4) is 0 Å². The number of aromatic nitrogens is 2. The Morgan fingerprint density at radius 2 is 2.11 bits per heavy atom. The summed E-state index contributed by atoms with van der Waals surface area (Å²) in [5.74, 6) is -1.82. The largest absolute Gasteiger partial charge is 0.477 e. The molecular formula is C12H9N3O4. The highest BCUT2D eigenvalue weighted by Crippen LogP contribution is 2.09. The average Bonchev–Trinajstić information content (AvgIpc) is 2.39. The van der Waals surface area contributed by atoms with Crippen molar-refractivity contribution in [3.63, 3.8) is 0 Å². The smallest absolute Gasteiger partial charge is 0.354 e. The Morgan fingerprint density at radius 3 is 2.79 bits per heavy atom. The Bertz CT molecular complexity index is 693. The van der Waals surface area contributed by atoms with E-state index in [1.807, 2.05) is 0 Å². The molecule has 0 aliphatic rings. The lowest BCUT2D eigenvalue weighted by molar-refractivity contribution is 0.0690. The Hall–Kier alpha value is -2.96. The number of carboxylic acids is 1. The van der Waals surface area contributed by atoms with Gasteiger partial charge >= 0.3 is 5.97 Å². The lowest BCUT2D eigenvalue weighted by Gasteiger charge is -2.04. The number of carbonyl (C=O) groups is 2. The SMILES string of the molecule is O=C(O)c1cc(NC(=O)c2ccc[nH]c2=O)ccn1. The molecule has 0 unspecified atom stereocenters. The van der Waals surface area contributed by atoms with Crippen molar-refractivity contribution in [3.05, 3.63) is 58.3 Å². The van der Waals surface area contributed by atoms with Crippen LogP contribution in [0.15, 0.2) is 41.5 Å². The van der Waals surface area contributed by atoms with Crippen LogP contribution in [0.1, 0.15) is 20.8 Å². The highest BCUT2D eigenvalue weighted by molar-refractivity contribution is 6.04. The van der Waals surface area contributed by atoms with Gasteiger partial charge in [-0.25, -0.2) is 9.78 Å². The Kier molecular flexibility index (Phi) is 3.37. The van der Waals surface area contributed by atoms with Crippen molar-refractivity contribution in [2.75, 3.05) is 5.32 Å². The normalized spacial score (nSPS) is 9.89. The van der Waals surface area contributed by atoms with Crippen LogP contribution in [0.2, 0.25) is 0 Å². The predicted molar refractivity (Wildman–Crippen MR) is 66.2 cm³/mol. The Labute approximate surface area is 106 Å². The Balaban J connectivity index is 2.25. The van der Waals surface area contributed by atoms with E-state index >= 15 is 0 Å². The van der Waals surface area contributed by atoms with E-state index in [-0.39, 0.29) is 16.9 Å². The summed E-state index contributed by atoms with van der Waals surface area (Å²) in [4.78, 5) is 39.9. The first kappa shape index (κ1) is 12.5. The number of nitrogens with zero attached hydrogens (tertiary/aromatic N) is 1. The van der Waals surface area contributed by atoms with Crippen molar-refractivity contribution in [2.45, 2.75) is 0 Å². The van der Waals surface area contributed by atoms with Crippen molar-refractivity contribution in [1.82, 2.24) is 9.97 Å². The van der Waals surface area contributed by atoms with Crippen LogP contribution in [0.25, 0.3) is 0 Å². The van der Waals surface area contributed by atoms with Gasteiger partial charge in [-0.3, -0.25) is 9.59 Å². The maximum Gasteiger partial charge on any atom is 0.354 e. The van der Waals surface area contributed by atoms with Crippen molar-refractivity contribution in [2.24, 2.45) is 0 Å². The first-order chi connectivity index (χ1) is 9.08. The second-order valence-corrected chi connectivity index (χ2v) is 3.60. The van der Waals surface area contributed by atoms with E-state index in [4.69, 9.17) is 5.11 Å². The van der Waals surface area contributed by atoms with Crippen LogP contribution in [0.4, 0.5) is 5.69 Å². The number of carbonyl (C=O) groups excluding carboxylic acids is 1. The van der Waals surface area contributed by atoms with E-state index in [2.05, 4.69) is 15.3 Å². The topological polar surface area (TPSA) is 112 Å². The number of amides is 1. The molecular weight excluding hydrogens is 250 g/mol. The molecule has 0 aromatic carbocycles. The van der Waals surface area contributed by atoms with Gasteiger partial charge in [0.1, 0.15) is 11.3 Å². The summed E-state index contributed by atoms with van der Waals surface area (Å²) in [5, 5.41) is 11.2. The van der Waals surface area contributed by atoms with Crippen molar-refractivity contribution in [1.29, 1.82) is 0 Å². The van der Waals surface area contributed by atoms with E-state index in [0.717, 1.165) is 0 Å². The van der Waals surface area contributed by atoms with E-state index in [9.17, 15) is 14.4 Å². The van der Waals surface area contributed by atoms with Crippen molar-refractivity contribution < 1.29 is 14.7 Å². The van der Waals surface area contributed by atoms with Crippen LogP contribution >= 0.6 is 0 Å². The molecule has 0 bridgehead atoms. The highest BCUT2D eigenvalue weighted by Gasteiger charge is 2.11. The fraction of sp³-hybridized carbons (Fsp3) is 0. The standard InChI is InChI=1S/C12H9N3O4/c16-10-8(2-1-4-14-10)11(17)15-7-3-5-13-9(6-7)12(18)19/h1-6H,(H,14,16)(H,18,19)(H,13,15,17). The number of hydrogen-bond acceptors (Lipinski definition) is 4. The summed E-state index contributed by atoms with van der Waals surface area (Å²) in [7, 11) is 0. The first-order valence-electron chi connectivity index (χ1n) is 5.26. The van der Waals surface area contributed by atoms with Gasteiger partial charge in [-0.15, -0.1) is 0 Å². The molecule has 2 rings (SSSR count). The average molecular weight is 259 g/mol. The fourth-order valence-corrected chi connectivity index (χ4v) is 1.42. The number of aromatic amines is 1. The molecule has 0 aliphatic heterocycles. The number of nitrogens with one attached hydrogen (secondary N) is 2.